The summed E-state index contributed by atoms with van der Waals surface area (Å²) in [5.74, 6) is 0. The fourth-order valence-corrected chi connectivity index (χ4v) is 1.29. The van der Waals surface area contributed by atoms with Crippen LogP contribution in [0, 0.1) is 0 Å². The molecule has 0 atom stereocenters. The van der Waals surface area contributed by atoms with Gasteiger partial charge in [-0.15, -0.1) is 0 Å². The second-order valence-corrected chi connectivity index (χ2v) is 3.61. The minimum Gasteiger partial charge on any atom is -0.383 e. The zero-order valence-electron chi connectivity index (χ0n) is 10.1. The van der Waals surface area contributed by atoms with Crippen LogP contribution in [0.25, 0.3) is 0 Å². The van der Waals surface area contributed by atoms with Crippen molar-refractivity contribution in [1.82, 2.24) is 0 Å². The lowest BCUT2D eigenvalue weighted by Crippen LogP contribution is -2.12. The van der Waals surface area contributed by atoms with Crippen LogP contribution >= 0.6 is 0 Å². The van der Waals surface area contributed by atoms with E-state index in [1.165, 1.54) is 12.1 Å². The second-order valence-electron chi connectivity index (χ2n) is 3.61. The van der Waals surface area contributed by atoms with Crippen LogP contribution in [-0.2, 0) is 15.7 Å². The molecular weight excluding hydrogens is 247 g/mol. The quantitative estimate of drug-likeness (QED) is 0.767. The van der Waals surface area contributed by atoms with Crippen LogP contribution in [0.2, 0.25) is 0 Å². The first kappa shape index (κ1) is 14.8. The molecule has 0 radical (unpaired) electrons. The highest BCUT2D eigenvalue weighted by Gasteiger charge is 2.29. The third-order valence-corrected chi connectivity index (χ3v) is 2.22. The number of hydrogen-bond donors (Lipinski definition) is 1. The molecule has 102 valence electrons. The molecule has 6 heteroatoms. The van der Waals surface area contributed by atoms with E-state index in [0.29, 0.717) is 32.1 Å². The van der Waals surface area contributed by atoms with Crippen molar-refractivity contribution in [2.75, 3.05) is 38.8 Å². The number of hydrogen-bond acceptors (Lipinski definition) is 3. The van der Waals surface area contributed by atoms with Gasteiger partial charge in [0.25, 0.3) is 0 Å². The van der Waals surface area contributed by atoms with Crippen LogP contribution in [-0.4, -0.2) is 33.5 Å². The number of benzene rings is 1. The summed E-state index contributed by atoms with van der Waals surface area (Å²) in [6.45, 7) is 2.05. The molecule has 0 bridgehead atoms. The van der Waals surface area contributed by atoms with Gasteiger partial charge >= 0.3 is 6.18 Å². The van der Waals surface area contributed by atoms with Gasteiger partial charge in [0.2, 0.25) is 0 Å². The summed E-state index contributed by atoms with van der Waals surface area (Å²) in [6.07, 6.45) is -4.29. The van der Waals surface area contributed by atoms with Gasteiger partial charge in [0.05, 0.1) is 25.4 Å². The Balaban J connectivity index is 2.27. The molecule has 0 saturated carbocycles. The zero-order valence-corrected chi connectivity index (χ0v) is 10.1. The smallest absolute Gasteiger partial charge is 0.383 e. The van der Waals surface area contributed by atoms with E-state index in [4.69, 9.17) is 9.47 Å². The van der Waals surface area contributed by atoms with Crippen LogP contribution in [0.5, 0.6) is 0 Å². The molecule has 0 aliphatic carbocycles. The fourth-order valence-electron chi connectivity index (χ4n) is 1.29. The van der Waals surface area contributed by atoms with Crippen molar-refractivity contribution in [3.05, 3.63) is 29.8 Å². The Bertz CT molecular complexity index is 338. The van der Waals surface area contributed by atoms with Crippen molar-refractivity contribution in [3.8, 4) is 0 Å². The lowest BCUT2D eigenvalue weighted by atomic mass is 10.2. The summed E-state index contributed by atoms with van der Waals surface area (Å²) in [5.41, 5.74) is -0.0114. The maximum absolute atomic E-state index is 12.3. The molecular formula is C12H16F3NO2. The summed E-state index contributed by atoms with van der Waals surface area (Å²) >= 11 is 0. The molecule has 0 amide bonds. The Morgan fingerprint density at radius 2 is 1.72 bits per heavy atom. The molecule has 0 aliphatic heterocycles. The van der Waals surface area contributed by atoms with Crippen LogP contribution in [0.4, 0.5) is 18.9 Å². The molecule has 0 aromatic heterocycles. The van der Waals surface area contributed by atoms with E-state index in [9.17, 15) is 13.2 Å². The molecule has 0 fully saturated rings. The second kappa shape index (κ2) is 7.23. The van der Waals surface area contributed by atoms with Crippen molar-refractivity contribution in [2.24, 2.45) is 0 Å². The Morgan fingerprint density at radius 1 is 1.06 bits per heavy atom. The highest BCUT2D eigenvalue weighted by atomic mass is 19.4. The lowest BCUT2D eigenvalue weighted by Gasteiger charge is -2.09. The van der Waals surface area contributed by atoms with E-state index in [1.807, 2.05) is 0 Å². The third-order valence-electron chi connectivity index (χ3n) is 2.22. The van der Waals surface area contributed by atoms with Crippen LogP contribution in [0.15, 0.2) is 24.3 Å². The minimum absolute atomic E-state index is 0.477. The van der Waals surface area contributed by atoms with Crippen molar-refractivity contribution in [2.45, 2.75) is 6.18 Å². The Hall–Kier alpha value is -1.27. The molecule has 1 rings (SSSR count). The Labute approximate surface area is 104 Å². The molecule has 18 heavy (non-hydrogen) atoms. The van der Waals surface area contributed by atoms with E-state index >= 15 is 0 Å². The van der Waals surface area contributed by atoms with Crippen molar-refractivity contribution < 1.29 is 22.6 Å². The first-order valence-corrected chi connectivity index (χ1v) is 5.52. The summed E-state index contributed by atoms with van der Waals surface area (Å²) < 4.78 is 46.9. The molecule has 3 nitrogen and oxygen atoms in total. The van der Waals surface area contributed by atoms with Gasteiger partial charge in [0.15, 0.2) is 0 Å². The number of ether oxygens (including phenoxy) is 2. The van der Waals surface area contributed by atoms with E-state index in [2.05, 4.69) is 5.32 Å². The Kier molecular flexibility index (Phi) is 5.94. The van der Waals surface area contributed by atoms with E-state index < -0.39 is 11.7 Å². The molecule has 0 heterocycles. The first-order valence-electron chi connectivity index (χ1n) is 5.52. The highest BCUT2D eigenvalue weighted by Crippen LogP contribution is 2.29. The summed E-state index contributed by atoms with van der Waals surface area (Å²) in [5, 5.41) is 2.97. The molecule has 1 N–H and O–H groups in total. The van der Waals surface area contributed by atoms with E-state index in [1.54, 1.807) is 7.11 Å². The third kappa shape index (κ3) is 5.37. The van der Waals surface area contributed by atoms with Gasteiger partial charge < -0.3 is 14.8 Å². The number of anilines is 1. The van der Waals surface area contributed by atoms with Gasteiger partial charge in [-0.05, 0) is 24.3 Å². The van der Waals surface area contributed by atoms with E-state index in [-0.39, 0.29) is 0 Å². The van der Waals surface area contributed by atoms with Gasteiger partial charge in [0.1, 0.15) is 0 Å². The molecule has 0 unspecified atom stereocenters. The van der Waals surface area contributed by atoms with Crippen molar-refractivity contribution in [3.63, 3.8) is 0 Å². The number of alkyl halides is 3. The molecule has 0 saturated heterocycles. The topological polar surface area (TPSA) is 30.5 Å². The van der Waals surface area contributed by atoms with Gasteiger partial charge in [0, 0.05) is 19.3 Å². The van der Waals surface area contributed by atoms with E-state index in [0.717, 1.165) is 12.1 Å². The SMILES string of the molecule is COCCOCCNc1ccc(C(F)(F)F)cc1. The van der Waals surface area contributed by atoms with Gasteiger partial charge in [-0.25, -0.2) is 0 Å². The summed E-state index contributed by atoms with van der Waals surface area (Å²) in [4.78, 5) is 0. The minimum atomic E-state index is -4.29. The van der Waals surface area contributed by atoms with Gasteiger partial charge in [-0.1, -0.05) is 0 Å². The van der Waals surface area contributed by atoms with Crippen LogP contribution in [0.1, 0.15) is 5.56 Å². The predicted molar refractivity (Wildman–Crippen MR) is 62.6 cm³/mol. The normalized spacial score (nSPS) is 11.6. The number of rotatable bonds is 7. The number of methoxy groups -OCH3 is 1. The molecule has 1 aromatic rings. The molecule has 0 spiro atoms. The number of halogens is 3. The monoisotopic (exact) mass is 263 g/mol. The molecule has 0 aliphatic rings. The van der Waals surface area contributed by atoms with Crippen LogP contribution < -0.4 is 5.32 Å². The standard InChI is InChI=1S/C12H16F3NO2/c1-17-8-9-18-7-6-16-11-4-2-10(3-5-11)12(13,14)15/h2-5,16H,6-9H2,1H3. The highest BCUT2D eigenvalue weighted by molar-refractivity contribution is 5.45. The summed E-state index contributed by atoms with van der Waals surface area (Å²) in [6, 6.07) is 4.90. The Morgan fingerprint density at radius 3 is 2.28 bits per heavy atom. The maximum Gasteiger partial charge on any atom is 0.416 e. The number of nitrogens with one attached hydrogen (secondary N) is 1. The van der Waals surface area contributed by atoms with Crippen molar-refractivity contribution in [1.29, 1.82) is 0 Å². The largest absolute Gasteiger partial charge is 0.416 e. The van der Waals surface area contributed by atoms with Crippen molar-refractivity contribution >= 4 is 5.69 Å². The van der Waals surface area contributed by atoms with Gasteiger partial charge in [-0.3, -0.25) is 0 Å². The maximum atomic E-state index is 12.3. The first-order chi connectivity index (χ1) is 8.54. The zero-order chi connectivity index (χ0) is 13.4. The van der Waals surface area contributed by atoms with Gasteiger partial charge in [-0.2, -0.15) is 13.2 Å². The average Bonchev–Trinajstić information content (AvgIpc) is 2.33. The average molecular weight is 263 g/mol. The molecule has 1 aromatic carbocycles. The lowest BCUT2D eigenvalue weighted by molar-refractivity contribution is -0.137. The summed E-state index contributed by atoms with van der Waals surface area (Å²) in [7, 11) is 1.59. The van der Waals surface area contributed by atoms with Crippen LogP contribution in [0.3, 0.4) is 0 Å². The fraction of sp³-hybridized carbons (Fsp3) is 0.500. The predicted octanol–water partition coefficient (Wildman–Crippen LogP) is 2.78.